The van der Waals surface area contributed by atoms with Gasteiger partial charge in [0, 0.05) is 29.8 Å². The lowest BCUT2D eigenvalue weighted by Crippen LogP contribution is -2.06. The second-order valence-electron chi connectivity index (χ2n) is 7.13. The van der Waals surface area contributed by atoms with Gasteiger partial charge in [0.15, 0.2) is 5.70 Å². The second kappa shape index (κ2) is 7.50. The molecule has 6 heteroatoms. The number of fused-ring (bicyclic) bond motifs is 1. The second-order valence-corrected chi connectivity index (χ2v) is 7.13. The fraction of sp³-hybridized carbons (Fsp3) is 0.0400. The molecule has 0 fully saturated rings. The van der Waals surface area contributed by atoms with Crippen LogP contribution in [0.15, 0.2) is 89.7 Å². The van der Waals surface area contributed by atoms with E-state index in [1.165, 1.54) is 11.6 Å². The summed E-state index contributed by atoms with van der Waals surface area (Å²) in [6, 6.07) is 23.1. The summed E-state index contributed by atoms with van der Waals surface area (Å²) in [7, 11) is 0. The number of benzene rings is 3. The van der Waals surface area contributed by atoms with Crippen LogP contribution in [0.25, 0.3) is 28.1 Å². The molecule has 0 saturated heterocycles. The maximum absolute atomic E-state index is 12.6. The minimum Gasteiger partial charge on any atom is -0.402 e. The predicted octanol–water partition coefficient (Wildman–Crippen LogP) is 4.71. The van der Waals surface area contributed by atoms with Gasteiger partial charge in [0.1, 0.15) is 5.69 Å². The third-order valence-corrected chi connectivity index (χ3v) is 5.05. The zero-order chi connectivity index (χ0) is 21.4. The minimum atomic E-state index is -0.544. The van der Waals surface area contributed by atoms with E-state index in [0.29, 0.717) is 11.3 Å². The number of esters is 1. The maximum Gasteiger partial charge on any atom is 0.363 e. The van der Waals surface area contributed by atoms with Crippen LogP contribution in [0.1, 0.15) is 22.8 Å². The van der Waals surface area contributed by atoms with Crippen molar-refractivity contribution >= 4 is 34.6 Å². The SMILES string of the molecule is CC(=O)n1cc(C=C2N=C(c3cccc4ccccc34)OC2=O)c(-c2ccccc2)n1. The smallest absolute Gasteiger partial charge is 0.363 e. The van der Waals surface area contributed by atoms with E-state index in [0.717, 1.165) is 21.9 Å². The Morgan fingerprint density at radius 1 is 0.968 bits per heavy atom. The van der Waals surface area contributed by atoms with Crippen molar-refractivity contribution < 1.29 is 14.3 Å². The summed E-state index contributed by atoms with van der Waals surface area (Å²) in [6.45, 7) is 1.43. The standard InChI is InChI=1S/C25H17N3O3/c1-16(29)28-15-19(23(27-28)18-9-3-2-4-10-18)14-22-25(30)31-24(26-22)21-13-7-11-17-8-5-6-12-20(17)21/h2-15H,1H3. The number of carbonyl (C=O) groups is 2. The van der Waals surface area contributed by atoms with E-state index in [1.54, 1.807) is 12.3 Å². The van der Waals surface area contributed by atoms with E-state index in [-0.39, 0.29) is 17.5 Å². The zero-order valence-electron chi connectivity index (χ0n) is 16.6. The number of aromatic nitrogens is 2. The Kier molecular flexibility index (Phi) is 4.52. The number of aliphatic imine (C=N–C) groups is 1. The fourth-order valence-corrected chi connectivity index (χ4v) is 3.56. The number of ether oxygens (including phenoxy) is 1. The lowest BCUT2D eigenvalue weighted by Gasteiger charge is -2.04. The van der Waals surface area contributed by atoms with Crippen molar-refractivity contribution in [2.24, 2.45) is 4.99 Å². The molecule has 31 heavy (non-hydrogen) atoms. The van der Waals surface area contributed by atoms with Gasteiger partial charge in [0.25, 0.3) is 0 Å². The van der Waals surface area contributed by atoms with Crippen molar-refractivity contribution in [1.82, 2.24) is 9.78 Å². The number of nitrogens with zero attached hydrogens (tertiary/aromatic N) is 3. The van der Waals surface area contributed by atoms with E-state index in [1.807, 2.05) is 72.8 Å². The number of cyclic esters (lactones) is 1. The molecule has 0 N–H and O–H groups in total. The van der Waals surface area contributed by atoms with Crippen molar-refractivity contribution in [2.45, 2.75) is 6.92 Å². The van der Waals surface area contributed by atoms with Crippen LogP contribution in [-0.4, -0.2) is 27.6 Å². The van der Waals surface area contributed by atoms with Crippen molar-refractivity contribution in [1.29, 1.82) is 0 Å². The van der Waals surface area contributed by atoms with Gasteiger partial charge in [-0.15, -0.1) is 0 Å². The van der Waals surface area contributed by atoms with Gasteiger partial charge < -0.3 is 4.74 Å². The number of rotatable bonds is 3. The largest absolute Gasteiger partial charge is 0.402 e. The summed E-state index contributed by atoms with van der Waals surface area (Å²) in [5, 5.41) is 6.37. The van der Waals surface area contributed by atoms with Crippen molar-refractivity contribution in [3.05, 3.63) is 95.8 Å². The molecule has 0 atom stereocenters. The highest BCUT2D eigenvalue weighted by Gasteiger charge is 2.26. The first-order valence-electron chi connectivity index (χ1n) is 9.77. The van der Waals surface area contributed by atoms with Gasteiger partial charge in [-0.05, 0) is 22.9 Å². The third kappa shape index (κ3) is 3.44. The number of carbonyl (C=O) groups excluding carboxylic acids is 2. The quantitative estimate of drug-likeness (QED) is 0.364. The summed E-state index contributed by atoms with van der Waals surface area (Å²) < 4.78 is 6.74. The van der Waals surface area contributed by atoms with Gasteiger partial charge in [-0.2, -0.15) is 5.10 Å². The fourth-order valence-electron chi connectivity index (χ4n) is 3.56. The van der Waals surface area contributed by atoms with Gasteiger partial charge in [-0.3, -0.25) is 4.79 Å². The van der Waals surface area contributed by atoms with Crippen molar-refractivity contribution in [3.63, 3.8) is 0 Å². The molecule has 0 aliphatic carbocycles. The Hall–Kier alpha value is -4.32. The van der Waals surface area contributed by atoms with Crippen LogP contribution in [0.5, 0.6) is 0 Å². The number of hydrogen-bond donors (Lipinski definition) is 0. The predicted molar refractivity (Wildman–Crippen MR) is 119 cm³/mol. The lowest BCUT2D eigenvalue weighted by molar-refractivity contribution is -0.129. The average molecular weight is 407 g/mol. The first-order valence-corrected chi connectivity index (χ1v) is 9.77. The molecule has 150 valence electrons. The average Bonchev–Trinajstić information content (AvgIpc) is 3.38. The molecule has 1 aromatic heterocycles. The Balaban J connectivity index is 1.61. The summed E-state index contributed by atoms with van der Waals surface area (Å²) in [4.78, 5) is 28.9. The molecule has 4 aromatic rings. The summed E-state index contributed by atoms with van der Waals surface area (Å²) >= 11 is 0. The van der Waals surface area contributed by atoms with Crippen LogP contribution in [0.3, 0.4) is 0 Å². The highest BCUT2D eigenvalue weighted by Crippen LogP contribution is 2.28. The maximum atomic E-state index is 12.6. The summed E-state index contributed by atoms with van der Waals surface area (Å²) in [6.07, 6.45) is 3.20. The third-order valence-electron chi connectivity index (χ3n) is 5.05. The normalized spacial score (nSPS) is 14.7. The molecular weight excluding hydrogens is 390 g/mol. The highest BCUT2D eigenvalue weighted by molar-refractivity contribution is 6.17. The van der Waals surface area contributed by atoms with Gasteiger partial charge in [0.05, 0.1) is 0 Å². The molecule has 0 spiro atoms. The molecule has 5 rings (SSSR count). The summed E-state index contributed by atoms with van der Waals surface area (Å²) in [5.41, 5.74) is 2.93. The van der Waals surface area contributed by atoms with Crippen molar-refractivity contribution in [2.75, 3.05) is 0 Å². The van der Waals surface area contributed by atoms with Crippen LogP contribution >= 0.6 is 0 Å². The van der Waals surface area contributed by atoms with E-state index in [2.05, 4.69) is 10.1 Å². The Bertz CT molecular complexity index is 1390. The summed E-state index contributed by atoms with van der Waals surface area (Å²) in [5.74, 6) is -0.512. The van der Waals surface area contributed by atoms with E-state index >= 15 is 0 Å². The molecule has 6 nitrogen and oxygen atoms in total. The molecule has 1 aliphatic heterocycles. The monoisotopic (exact) mass is 407 g/mol. The highest BCUT2D eigenvalue weighted by atomic mass is 16.6. The Labute approximate surface area is 178 Å². The molecule has 0 unspecified atom stereocenters. The Morgan fingerprint density at radius 3 is 2.52 bits per heavy atom. The van der Waals surface area contributed by atoms with E-state index in [4.69, 9.17) is 4.74 Å². The van der Waals surface area contributed by atoms with Crippen LogP contribution < -0.4 is 0 Å². The molecular formula is C25H17N3O3. The van der Waals surface area contributed by atoms with Gasteiger partial charge in [-0.25, -0.2) is 14.5 Å². The first-order chi connectivity index (χ1) is 15.1. The molecule has 0 bridgehead atoms. The van der Waals surface area contributed by atoms with Gasteiger partial charge in [0.2, 0.25) is 11.8 Å². The molecule has 2 heterocycles. The van der Waals surface area contributed by atoms with E-state index < -0.39 is 5.97 Å². The topological polar surface area (TPSA) is 73.6 Å². The molecule has 0 saturated carbocycles. The zero-order valence-corrected chi connectivity index (χ0v) is 16.6. The molecule has 0 amide bonds. The lowest BCUT2D eigenvalue weighted by atomic mass is 10.0. The molecule has 3 aromatic carbocycles. The molecule has 0 radical (unpaired) electrons. The molecule has 1 aliphatic rings. The van der Waals surface area contributed by atoms with Gasteiger partial charge in [-0.1, -0.05) is 66.7 Å². The van der Waals surface area contributed by atoms with Gasteiger partial charge >= 0.3 is 5.97 Å². The Morgan fingerprint density at radius 2 is 1.71 bits per heavy atom. The van der Waals surface area contributed by atoms with Crippen LogP contribution in [0.2, 0.25) is 0 Å². The minimum absolute atomic E-state index is 0.156. The van der Waals surface area contributed by atoms with Crippen LogP contribution in [-0.2, 0) is 9.53 Å². The van der Waals surface area contributed by atoms with Crippen LogP contribution in [0, 0.1) is 0 Å². The first kappa shape index (κ1) is 18.7. The van der Waals surface area contributed by atoms with Crippen LogP contribution in [0.4, 0.5) is 0 Å². The van der Waals surface area contributed by atoms with Crippen molar-refractivity contribution in [3.8, 4) is 11.3 Å². The van der Waals surface area contributed by atoms with E-state index in [9.17, 15) is 9.59 Å². The number of hydrogen-bond acceptors (Lipinski definition) is 5.